The number of nitrogens with one attached hydrogen (secondary N) is 1. The fourth-order valence-electron chi connectivity index (χ4n) is 5.12. The molecule has 12 nitrogen and oxygen atoms in total. The Morgan fingerprint density at radius 3 is 2.34 bits per heavy atom. The summed E-state index contributed by atoms with van der Waals surface area (Å²) in [4.78, 5) is 39.2. The van der Waals surface area contributed by atoms with Crippen LogP contribution in [0.4, 0.5) is 15.3 Å². The monoisotopic (exact) mass is 596 g/mol. The molecule has 0 saturated carbocycles. The topological polar surface area (TPSA) is 142 Å². The van der Waals surface area contributed by atoms with Crippen LogP contribution in [0, 0.1) is 0 Å². The van der Waals surface area contributed by atoms with Gasteiger partial charge in [-0.15, -0.1) is 0 Å². The first kappa shape index (κ1) is 34.1. The quantitative estimate of drug-likeness (QED) is 0.0707. The van der Waals surface area contributed by atoms with Crippen LogP contribution in [0.3, 0.4) is 0 Å². The Hall–Kier alpha value is -3.13. The molecule has 2 N–H and O–H groups in total. The number of nitrogens with zero attached hydrogens (tertiary/aromatic N) is 1. The van der Waals surface area contributed by atoms with Gasteiger partial charge in [0.05, 0.1) is 50.3 Å². The van der Waals surface area contributed by atoms with Gasteiger partial charge in [0, 0.05) is 19.1 Å². The molecule has 1 aromatic carbocycles. The predicted octanol–water partition coefficient (Wildman–Crippen LogP) is 4.32. The molecule has 3 atom stereocenters. The average molecular weight is 597 g/mol. The van der Waals surface area contributed by atoms with Crippen LogP contribution >= 0.6 is 0 Å². The molecule has 1 aromatic rings. The lowest BCUT2D eigenvalue weighted by molar-refractivity contribution is 0.0492. The number of aliphatic hydroxyl groups excluding tert-OH is 1. The summed E-state index contributed by atoms with van der Waals surface area (Å²) in [5.41, 5.74) is 1.11. The van der Waals surface area contributed by atoms with Crippen molar-refractivity contribution in [2.75, 3.05) is 46.7 Å². The molecule has 0 spiro atoms. The molecule has 1 heterocycles. The minimum atomic E-state index is -2.34. The Kier molecular flexibility index (Phi) is 13.1. The molecule has 230 valence electrons. The van der Waals surface area contributed by atoms with Crippen LogP contribution in [0.5, 0.6) is 5.75 Å². The maximum Gasteiger partial charge on any atom is 0.411 e. The third kappa shape index (κ3) is 8.21. The van der Waals surface area contributed by atoms with E-state index in [9.17, 15) is 19.5 Å². The van der Waals surface area contributed by atoms with Crippen molar-refractivity contribution in [1.29, 1.82) is 0 Å². The molecule has 1 saturated heterocycles. The van der Waals surface area contributed by atoms with Gasteiger partial charge in [-0.05, 0) is 29.8 Å². The molecule has 0 aliphatic carbocycles. The zero-order valence-electron chi connectivity index (χ0n) is 25.1. The standard InChI is InChI=1S/C28H44N2O10Si/c1-9-12-38-27(33)29-21-13-19(26(32)36-7)14-23(39-17-35-6)20(21)15-24(40-41(10-2,11-3)18(4)5)25-22(16-31)30(25)28(34)37-8/h9,13-14,18,22,24-25,31H,1,10-12,15-17H2,2-8H3,(H,29,33)/t22-,24?,25-,30?/m0/s1. The van der Waals surface area contributed by atoms with Crippen LogP contribution in [0.25, 0.3) is 0 Å². The second-order valence-corrected chi connectivity index (χ2v) is 14.9. The van der Waals surface area contributed by atoms with Crippen LogP contribution < -0.4 is 10.1 Å². The first-order chi connectivity index (χ1) is 19.6. The van der Waals surface area contributed by atoms with Gasteiger partial charge in [0.2, 0.25) is 0 Å². The molecule has 0 aromatic heterocycles. The van der Waals surface area contributed by atoms with Crippen LogP contribution in [0.2, 0.25) is 17.6 Å². The van der Waals surface area contributed by atoms with Crippen molar-refractivity contribution in [2.45, 2.75) is 69.9 Å². The maximum atomic E-state index is 12.6. The molecule has 1 unspecified atom stereocenters. The fraction of sp³-hybridized carbons (Fsp3) is 0.607. The summed E-state index contributed by atoms with van der Waals surface area (Å²) in [6, 6.07) is 3.63. The van der Waals surface area contributed by atoms with E-state index < -0.39 is 44.7 Å². The van der Waals surface area contributed by atoms with E-state index >= 15 is 0 Å². The average Bonchev–Trinajstić information content (AvgIpc) is 3.71. The summed E-state index contributed by atoms with van der Waals surface area (Å²) in [7, 11) is 1.64. The van der Waals surface area contributed by atoms with Gasteiger partial charge in [-0.1, -0.05) is 40.3 Å². The zero-order valence-corrected chi connectivity index (χ0v) is 26.1. The number of anilines is 1. The van der Waals surface area contributed by atoms with Crippen LogP contribution in [0.15, 0.2) is 24.8 Å². The number of esters is 1. The van der Waals surface area contributed by atoms with Gasteiger partial charge in [0.1, 0.15) is 12.4 Å². The van der Waals surface area contributed by atoms with E-state index in [1.807, 2.05) is 0 Å². The lowest BCUT2D eigenvalue weighted by Gasteiger charge is -2.37. The molecule has 13 heteroatoms. The Morgan fingerprint density at radius 1 is 1.15 bits per heavy atom. The highest BCUT2D eigenvalue weighted by atomic mass is 28.4. The number of rotatable bonds is 16. The third-order valence-corrected chi connectivity index (χ3v) is 12.8. The van der Waals surface area contributed by atoms with E-state index in [1.54, 1.807) is 0 Å². The van der Waals surface area contributed by atoms with E-state index in [2.05, 4.69) is 39.6 Å². The largest absolute Gasteiger partial charge is 0.467 e. The highest BCUT2D eigenvalue weighted by Gasteiger charge is 2.57. The second-order valence-electron chi connectivity index (χ2n) is 9.96. The van der Waals surface area contributed by atoms with Gasteiger partial charge in [-0.2, -0.15) is 0 Å². The van der Waals surface area contributed by atoms with E-state index in [1.165, 1.54) is 44.4 Å². The zero-order chi connectivity index (χ0) is 30.7. The van der Waals surface area contributed by atoms with Crippen LogP contribution in [-0.4, -0.2) is 96.0 Å². The van der Waals surface area contributed by atoms with E-state index in [4.69, 9.17) is 28.1 Å². The van der Waals surface area contributed by atoms with Crippen molar-refractivity contribution in [3.05, 3.63) is 35.9 Å². The highest BCUT2D eigenvalue weighted by molar-refractivity contribution is 6.75. The number of hydrogen-bond donors (Lipinski definition) is 2. The molecule has 2 rings (SSSR count). The molecular formula is C28H44N2O10Si. The van der Waals surface area contributed by atoms with Crippen LogP contribution in [-0.2, 0) is 29.8 Å². The van der Waals surface area contributed by atoms with Crippen molar-refractivity contribution in [3.63, 3.8) is 0 Å². The summed E-state index contributed by atoms with van der Waals surface area (Å²) in [5.74, 6) is -0.394. The first-order valence-corrected chi connectivity index (χ1v) is 16.0. The number of carbonyl (C=O) groups is 3. The number of methoxy groups -OCH3 is 3. The number of aliphatic hydroxyl groups is 1. The van der Waals surface area contributed by atoms with Gasteiger partial charge in [0.25, 0.3) is 0 Å². The number of hydrogen-bond acceptors (Lipinski definition) is 10. The highest BCUT2D eigenvalue weighted by Crippen LogP contribution is 2.42. The lowest BCUT2D eigenvalue weighted by Crippen LogP contribution is -2.46. The van der Waals surface area contributed by atoms with Crippen molar-refractivity contribution in [1.82, 2.24) is 4.90 Å². The Balaban J connectivity index is 2.71. The van der Waals surface area contributed by atoms with Crippen molar-refractivity contribution >= 4 is 32.2 Å². The molecular weight excluding hydrogens is 552 g/mol. The molecule has 1 aliphatic heterocycles. The summed E-state index contributed by atoms with van der Waals surface area (Å²) in [6.45, 7) is 11.6. The van der Waals surface area contributed by atoms with Gasteiger partial charge in [-0.3, -0.25) is 10.2 Å². The third-order valence-electron chi connectivity index (χ3n) is 7.51. The smallest absolute Gasteiger partial charge is 0.411 e. The van der Waals surface area contributed by atoms with Crippen molar-refractivity contribution in [3.8, 4) is 5.75 Å². The van der Waals surface area contributed by atoms with E-state index in [0.29, 0.717) is 5.56 Å². The summed E-state index contributed by atoms with van der Waals surface area (Å²) < 4.78 is 33.0. The molecule has 2 amide bonds. The SMILES string of the molecule is C=CCOC(=O)Nc1cc(C(=O)OC)cc(OCOC)c1CC(O[Si](CC)(CC)C(C)C)[C@@H]1[C@H](CO)N1C(=O)OC. The minimum Gasteiger partial charge on any atom is -0.467 e. The summed E-state index contributed by atoms with van der Waals surface area (Å²) in [6.07, 6.45) is -0.354. The normalized spacial score (nSPS) is 17.0. The number of ether oxygens (including phenoxy) is 5. The molecule has 1 fully saturated rings. The lowest BCUT2D eigenvalue weighted by atomic mass is 9.99. The maximum absolute atomic E-state index is 12.6. The fourth-order valence-corrected chi connectivity index (χ4v) is 8.69. The van der Waals surface area contributed by atoms with Gasteiger partial charge >= 0.3 is 18.2 Å². The first-order valence-electron chi connectivity index (χ1n) is 13.6. The van der Waals surface area contributed by atoms with Gasteiger partial charge in [0.15, 0.2) is 15.1 Å². The van der Waals surface area contributed by atoms with Gasteiger partial charge < -0.3 is 33.2 Å². The number of amides is 2. The summed E-state index contributed by atoms with van der Waals surface area (Å²) in [5, 5.41) is 12.8. The van der Waals surface area contributed by atoms with Crippen LogP contribution in [0.1, 0.15) is 43.6 Å². The van der Waals surface area contributed by atoms with Crippen molar-refractivity contribution in [2.24, 2.45) is 0 Å². The van der Waals surface area contributed by atoms with Gasteiger partial charge in [-0.25, -0.2) is 14.4 Å². The Morgan fingerprint density at radius 2 is 1.83 bits per heavy atom. The van der Waals surface area contributed by atoms with E-state index in [-0.39, 0.29) is 49.0 Å². The number of benzene rings is 1. The molecule has 0 radical (unpaired) electrons. The predicted molar refractivity (Wildman–Crippen MR) is 155 cm³/mol. The molecule has 1 aliphatic rings. The molecule has 0 bridgehead atoms. The minimum absolute atomic E-state index is 0.0273. The summed E-state index contributed by atoms with van der Waals surface area (Å²) >= 11 is 0. The van der Waals surface area contributed by atoms with Crippen molar-refractivity contribution < 1.29 is 47.6 Å². The molecule has 41 heavy (non-hydrogen) atoms. The Bertz CT molecular complexity index is 1060. The van der Waals surface area contributed by atoms with E-state index in [0.717, 1.165) is 12.1 Å². The Labute approximate surface area is 243 Å². The second kappa shape index (κ2) is 15.8. The number of carbonyl (C=O) groups excluding carboxylic acids is 3.